The maximum absolute atomic E-state index is 5.19. The number of hydrogen-bond donors (Lipinski definition) is 2. The molecule has 0 unspecified atom stereocenters. The van der Waals surface area contributed by atoms with Gasteiger partial charge in [-0.05, 0) is 49.4 Å². The second kappa shape index (κ2) is 7.55. The van der Waals surface area contributed by atoms with Gasteiger partial charge in [0.05, 0.1) is 11.4 Å². The van der Waals surface area contributed by atoms with E-state index in [1.165, 1.54) is 6.33 Å². The Morgan fingerprint density at radius 1 is 0.800 bits per heavy atom. The standard InChI is InChI=1S/C21H16N8O/c1-13-18-19(24-12-25-20(18)30-29-13)26-15-2-4-16(5-3-15)27-21-23-11-8-17(28-21)14-6-9-22-10-7-14/h2-12H,1H3,(H,23,27,28)(H,24,25,26). The van der Waals surface area contributed by atoms with E-state index < -0.39 is 0 Å². The van der Waals surface area contributed by atoms with E-state index >= 15 is 0 Å². The van der Waals surface area contributed by atoms with Crippen LogP contribution in [0.15, 0.2) is 71.9 Å². The fourth-order valence-electron chi connectivity index (χ4n) is 3.02. The minimum Gasteiger partial charge on any atom is -0.339 e. The first-order valence-electron chi connectivity index (χ1n) is 9.21. The highest BCUT2D eigenvalue weighted by atomic mass is 16.5. The van der Waals surface area contributed by atoms with Crippen LogP contribution in [0.1, 0.15) is 5.69 Å². The van der Waals surface area contributed by atoms with Crippen molar-refractivity contribution in [3.63, 3.8) is 0 Å². The van der Waals surface area contributed by atoms with Gasteiger partial charge < -0.3 is 15.2 Å². The molecule has 0 aliphatic carbocycles. The average Bonchev–Trinajstić information content (AvgIpc) is 3.18. The number of nitrogens with zero attached hydrogens (tertiary/aromatic N) is 6. The number of anilines is 4. The summed E-state index contributed by atoms with van der Waals surface area (Å²) >= 11 is 0. The summed E-state index contributed by atoms with van der Waals surface area (Å²) in [4.78, 5) is 21.3. The summed E-state index contributed by atoms with van der Waals surface area (Å²) < 4.78 is 5.19. The van der Waals surface area contributed by atoms with Crippen LogP contribution in [-0.2, 0) is 0 Å². The first kappa shape index (κ1) is 17.7. The highest BCUT2D eigenvalue weighted by Crippen LogP contribution is 2.26. The van der Waals surface area contributed by atoms with Crippen molar-refractivity contribution in [2.24, 2.45) is 0 Å². The van der Waals surface area contributed by atoms with E-state index in [-0.39, 0.29) is 0 Å². The monoisotopic (exact) mass is 396 g/mol. The van der Waals surface area contributed by atoms with E-state index in [0.717, 1.165) is 33.7 Å². The van der Waals surface area contributed by atoms with Gasteiger partial charge in [0.2, 0.25) is 5.95 Å². The molecule has 0 aliphatic rings. The third-order valence-corrected chi connectivity index (χ3v) is 4.48. The van der Waals surface area contributed by atoms with E-state index in [9.17, 15) is 0 Å². The normalized spacial score (nSPS) is 10.8. The highest BCUT2D eigenvalue weighted by Gasteiger charge is 2.12. The fraction of sp³-hybridized carbons (Fsp3) is 0.0476. The van der Waals surface area contributed by atoms with Gasteiger partial charge in [0.15, 0.2) is 0 Å². The lowest BCUT2D eigenvalue weighted by atomic mass is 10.2. The largest absolute Gasteiger partial charge is 0.339 e. The molecular formula is C21H16N8O. The number of hydrogen-bond acceptors (Lipinski definition) is 9. The van der Waals surface area contributed by atoms with Crippen molar-refractivity contribution in [3.8, 4) is 11.3 Å². The lowest BCUT2D eigenvalue weighted by molar-refractivity contribution is 0.442. The summed E-state index contributed by atoms with van der Waals surface area (Å²) in [5, 5.41) is 11.2. The summed E-state index contributed by atoms with van der Waals surface area (Å²) in [6.45, 7) is 1.85. The predicted molar refractivity (Wildman–Crippen MR) is 113 cm³/mol. The van der Waals surface area contributed by atoms with Crippen molar-refractivity contribution in [1.82, 2.24) is 30.1 Å². The van der Waals surface area contributed by atoms with Gasteiger partial charge in [0, 0.05) is 35.5 Å². The zero-order valence-corrected chi connectivity index (χ0v) is 15.9. The minimum atomic E-state index is 0.453. The van der Waals surface area contributed by atoms with Crippen molar-refractivity contribution in [3.05, 3.63) is 73.1 Å². The van der Waals surface area contributed by atoms with Crippen molar-refractivity contribution >= 4 is 34.2 Å². The van der Waals surface area contributed by atoms with Crippen LogP contribution in [0.4, 0.5) is 23.1 Å². The van der Waals surface area contributed by atoms with Crippen LogP contribution in [0.5, 0.6) is 0 Å². The maximum atomic E-state index is 5.19. The molecule has 0 atom stereocenters. The lowest BCUT2D eigenvalue weighted by Gasteiger charge is -2.09. The Balaban J connectivity index is 1.34. The van der Waals surface area contributed by atoms with Gasteiger partial charge in [0.25, 0.3) is 5.71 Å². The molecule has 0 bridgehead atoms. The molecular weight excluding hydrogens is 380 g/mol. The van der Waals surface area contributed by atoms with Gasteiger partial charge in [-0.2, -0.15) is 4.98 Å². The van der Waals surface area contributed by atoms with Crippen molar-refractivity contribution < 1.29 is 4.52 Å². The van der Waals surface area contributed by atoms with Crippen LogP contribution < -0.4 is 10.6 Å². The van der Waals surface area contributed by atoms with Crippen LogP contribution in [0.25, 0.3) is 22.4 Å². The molecule has 0 saturated carbocycles. The summed E-state index contributed by atoms with van der Waals surface area (Å²) in [6.07, 6.45) is 6.65. The zero-order chi connectivity index (χ0) is 20.3. The Morgan fingerprint density at radius 2 is 1.57 bits per heavy atom. The van der Waals surface area contributed by atoms with Gasteiger partial charge >= 0.3 is 0 Å². The molecule has 4 heterocycles. The Morgan fingerprint density at radius 3 is 2.37 bits per heavy atom. The van der Waals surface area contributed by atoms with E-state index in [0.29, 0.717) is 17.5 Å². The number of benzene rings is 1. The number of nitrogens with one attached hydrogen (secondary N) is 2. The fourth-order valence-corrected chi connectivity index (χ4v) is 3.02. The topological polar surface area (TPSA) is 115 Å². The number of fused-ring (bicyclic) bond motifs is 1. The van der Waals surface area contributed by atoms with Crippen molar-refractivity contribution in [2.75, 3.05) is 10.6 Å². The van der Waals surface area contributed by atoms with Crippen LogP contribution in [0, 0.1) is 6.92 Å². The molecule has 0 fully saturated rings. The maximum Gasteiger partial charge on any atom is 0.263 e. The smallest absolute Gasteiger partial charge is 0.263 e. The summed E-state index contributed by atoms with van der Waals surface area (Å²) in [5.74, 6) is 1.16. The SMILES string of the molecule is Cc1noc2ncnc(Nc3ccc(Nc4nccc(-c5ccncc5)n4)cc3)c12. The van der Waals surface area contributed by atoms with E-state index in [2.05, 4.69) is 40.7 Å². The predicted octanol–water partition coefficient (Wildman–Crippen LogP) is 4.27. The average molecular weight is 396 g/mol. The molecule has 146 valence electrons. The summed E-state index contributed by atoms with van der Waals surface area (Å²) in [7, 11) is 0. The Labute approximate surface area is 171 Å². The van der Waals surface area contributed by atoms with Crippen LogP contribution in [0.2, 0.25) is 0 Å². The molecule has 0 amide bonds. The molecule has 0 saturated heterocycles. The number of aromatic nitrogens is 6. The van der Waals surface area contributed by atoms with Gasteiger partial charge in [-0.25, -0.2) is 15.0 Å². The molecule has 2 N–H and O–H groups in total. The highest BCUT2D eigenvalue weighted by molar-refractivity contribution is 5.89. The second-order valence-electron chi connectivity index (χ2n) is 6.50. The Kier molecular flexibility index (Phi) is 4.45. The Hall–Kier alpha value is -4.40. The molecule has 4 aromatic heterocycles. The third-order valence-electron chi connectivity index (χ3n) is 4.48. The number of aryl methyl sites for hydroxylation is 1. The molecule has 0 spiro atoms. The van der Waals surface area contributed by atoms with Gasteiger partial charge in [-0.15, -0.1) is 0 Å². The van der Waals surface area contributed by atoms with Crippen LogP contribution >= 0.6 is 0 Å². The molecule has 9 heteroatoms. The number of rotatable bonds is 5. The molecule has 30 heavy (non-hydrogen) atoms. The van der Waals surface area contributed by atoms with Crippen molar-refractivity contribution in [2.45, 2.75) is 6.92 Å². The van der Waals surface area contributed by atoms with Gasteiger partial charge in [-0.3, -0.25) is 4.98 Å². The van der Waals surface area contributed by atoms with Gasteiger partial charge in [-0.1, -0.05) is 5.16 Å². The first-order valence-corrected chi connectivity index (χ1v) is 9.21. The first-order chi connectivity index (χ1) is 14.8. The molecule has 5 aromatic rings. The zero-order valence-electron chi connectivity index (χ0n) is 15.9. The van der Waals surface area contributed by atoms with E-state index in [1.54, 1.807) is 18.6 Å². The van der Waals surface area contributed by atoms with Crippen LogP contribution in [0.3, 0.4) is 0 Å². The third kappa shape index (κ3) is 3.51. The molecule has 1 aromatic carbocycles. The quantitative estimate of drug-likeness (QED) is 0.449. The second-order valence-corrected chi connectivity index (χ2v) is 6.50. The van der Waals surface area contributed by atoms with Crippen molar-refractivity contribution in [1.29, 1.82) is 0 Å². The molecule has 9 nitrogen and oxygen atoms in total. The summed E-state index contributed by atoms with van der Waals surface area (Å²) in [6, 6.07) is 13.4. The molecule has 0 aliphatic heterocycles. The van der Waals surface area contributed by atoms with Crippen LogP contribution in [-0.4, -0.2) is 30.1 Å². The van der Waals surface area contributed by atoms with E-state index in [4.69, 9.17) is 4.52 Å². The molecule has 0 radical (unpaired) electrons. The van der Waals surface area contributed by atoms with Gasteiger partial charge in [0.1, 0.15) is 17.5 Å². The van der Waals surface area contributed by atoms with E-state index in [1.807, 2.05) is 49.4 Å². The minimum absolute atomic E-state index is 0.453. The lowest BCUT2D eigenvalue weighted by Crippen LogP contribution is -1.99. The number of pyridine rings is 1. The summed E-state index contributed by atoms with van der Waals surface area (Å²) in [5.41, 5.74) is 4.72. The molecule has 5 rings (SSSR count). The Bertz CT molecular complexity index is 1300.